The van der Waals surface area contributed by atoms with E-state index in [2.05, 4.69) is 125 Å². The van der Waals surface area contributed by atoms with Crippen LogP contribution in [0.4, 0.5) is 11.5 Å². The molecule has 4 heteroatoms. The van der Waals surface area contributed by atoms with Crippen LogP contribution in [-0.2, 0) is 0 Å². The summed E-state index contributed by atoms with van der Waals surface area (Å²) in [6, 6.07) is 32.8. The lowest BCUT2D eigenvalue weighted by Gasteiger charge is -2.23. The Kier molecular flexibility index (Phi) is 3.70. The van der Waals surface area contributed by atoms with Gasteiger partial charge >= 0.3 is 0 Å². The van der Waals surface area contributed by atoms with E-state index in [0.717, 1.165) is 61.0 Å². The van der Waals surface area contributed by atoms with Crippen molar-refractivity contribution < 1.29 is 4.42 Å². The number of fused-ring (bicyclic) bond motifs is 12. The predicted octanol–water partition coefficient (Wildman–Crippen LogP) is 9.40. The fourth-order valence-corrected chi connectivity index (χ4v) is 6.87. The van der Waals surface area contributed by atoms with E-state index in [4.69, 9.17) is 9.41 Å². The highest BCUT2D eigenvalue weighted by Gasteiger charge is 2.29. The van der Waals surface area contributed by atoms with Crippen LogP contribution in [0.2, 0.25) is 0 Å². The van der Waals surface area contributed by atoms with E-state index in [9.17, 15) is 0 Å². The van der Waals surface area contributed by atoms with E-state index in [1.54, 1.807) is 0 Å². The number of furan rings is 1. The van der Waals surface area contributed by atoms with Crippen LogP contribution in [0.1, 0.15) is 0 Å². The molecule has 3 aromatic heterocycles. The average molecular weight is 512 g/mol. The summed E-state index contributed by atoms with van der Waals surface area (Å²) in [5, 5.41) is 12.0. The topological polar surface area (TPSA) is 41.9 Å². The standard InChI is InChI=1S/C36H21N3O/c1-2-7-21-18-22(13-12-20(21)6-1)23-14-15-24-25-16-17-30-32(35(25)40-31(24)19-23)26-8-5-9-27-33-36(39(30)34(26)27)38-29-11-4-3-10-28(29)37-33/h1-19,29,38H. The van der Waals surface area contributed by atoms with E-state index in [1.807, 2.05) is 0 Å². The third-order valence-electron chi connectivity index (χ3n) is 8.71. The minimum absolute atomic E-state index is 0.0778. The maximum atomic E-state index is 6.73. The first-order valence-electron chi connectivity index (χ1n) is 13.7. The average Bonchev–Trinajstić information content (AvgIpc) is 3.65. The summed E-state index contributed by atoms with van der Waals surface area (Å²) in [4.78, 5) is 5.09. The van der Waals surface area contributed by atoms with Crippen LogP contribution in [0.25, 0.3) is 71.0 Å². The van der Waals surface area contributed by atoms with Gasteiger partial charge < -0.3 is 9.73 Å². The predicted molar refractivity (Wildman–Crippen MR) is 167 cm³/mol. The van der Waals surface area contributed by atoms with Crippen molar-refractivity contribution in [1.82, 2.24) is 4.40 Å². The molecular formula is C36H21N3O. The Labute approximate surface area is 228 Å². The van der Waals surface area contributed by atoms with Crippen LogP contribution in [0.3, 0.4) is 0 Å². The number of para-hydroxylation sites is 1. The van der Waals surface area contributed by atoms with E-state index in [1.165, 1.54) is 27.2 Å². The fourth-order valence-electron chi connectivity index (χ4n) is 6.87. The first kappa shape index (κ1) is 20.6. The molecule has 4 nitrogen and oxygen atoms in total. The Morgan fingerprint density at radius 2 is 1.57 bits per heavy atom. The van der Waals surface area contributed by atoms with Crippen LogP contribution < -0.4 is 5.32 Å². The zero-order chi connectivity index (χ0) is 25.9. The summed E-state index contributed by atoms with van der Waals surface area (Å²) in [6.07, 6.45) is 8.39. The van der Waals surface area contributed by atoms with E-state index < -0.39 is 0 Å². The van der Waals surface area contributed by atoms with Crippen molar-refractivity contribution in [3.8, 4) is 11.1 Å². The molecule has 0 saturated heterocycles. The summed E-state index contributed by atoms with van der Waals surface area (Å²) in [7, 11) is 0. The number of allylic oxidation sites excluding steroid dienone is 2. The monoisotopic (exact) mass is 511 g/mol. The Balaban J connectivity index is 1.24. The molecule has 1 unspecified atom stereocenters. The smallest absolute Gasteiger partial charge is 0.145 e. The molecule has 0 fully saturated rings. The summed E-state index contributed by atoms with van der Waals surface area (Å²) in [6.45, 7) is 0. The molecule has 0 bridgehead atoms. The molecule has 5 aromatic carbocycles. The number of benzene rings is 5. The highest BCUT2D eigenvalue weighted by atomic mass is 16.3. The van der Waals surface area contributed by atoms with Gasteiger partial charge in [0.05, 0.1) is 28.2 Å². The van der Waals surface area contributed by atoms with Gasteiger partial charge in [-0.05, 0) is 58.3 Å². The van der Waals surface area contributed by atoms with Gasteiger partial charge in [0.15, 0.2) is 0 Å². The maximum absolute atomic E-state index is 6.73. The minimum Gasteiger partial charge on any atom is -0.455 e. The molecule has 4 heterocycles. The lowest BCUT2D eigenvalue weighted by Crippen LogP contribution is -2.30. The van der Waals surface area contributed by atoms with Crippen LogP contribution >= 0.6 is 0 Å². The number of nitrogens with one attached hydrogen (secondary N) is 1. The van der Waals surface area contributed by atoms with Gasteiger partial charge in [0.25, 0.3) is 0 Å². The van der Waals surface area contributed by atoms with Gasteiger partial charge in [-0.1, -0.05) is 78.9 Å². The third-order valence-corrected chi connectivity index (χ3v) is 8.71. The van der Waals surface area contributed by atoms with Crippen LogP contribution in [-0.4, -0.2) is 16.2 Å². The maximum Gasteiger partial charge on any atom is 0.145 e. The quantitative estimate of drug-likeness (QED) is 0.238. The van der Waals surface area contributed by atoms with Gasteiger partial charge in [-0.25, -0.2) is 4.99 Å². The summed E-state index contributed by atoms with van der Waals surface area (Å²) in [5.41, 5.74) is 8.58. The summed E-state index contributed by atoms with van der Waals surface area (Å²) < 4.78 is 9.07. The number of aliphatic imine (C=N–C) groups is 1. The van der Waals surface area contributed by atoms with Gasteiger partial charge in [-0.2, -0.15) is 0 Å². The zero-order valence-electron chi connectivity index (χ0n) is 21.3. The molecule has 0 spiro atoms. The molecule has 1 atom stereocenters. The Morgan fingerprint density at radius 1 is 0.725 bits per heavy atom. The highest BCUT2D eigenvalue weighted by Crippen LogP contribution is 2.48. The lowest BCUT2D eigenvalue weighted by molar-refractivity contribution is 0.673. The van der Waals surface area contributed by atoms with Crippen LogP contribution in [0, 0.1) is 0 Å². The summed E-state index contributed by atoms with van der Waals surface area (Å²) in [5.74, 6) is 1.05. The third kappa shape index (κ3) is 2.53. The van der Waals surface area contributed by atoms with Gasteiger partial charge in [0.1, 0.15) is 22.7 Å². The van der Waals surface area contributed by atoms with Crippen molar-refractivity contribution in [2.75, 3.05) is 5.32 Å². The number of rotatable bonds is 1. The molecule has 8 aromatic rings. The van der Waals surface area contributed by atoms with E-state index in [-0.39, 0.29) is 6.04 Å². The molecule has 1 aliphatic carbocycles. The van der Waals surface area contributed by atoms with Crippen molar-refractivity contribution in [2.24, 2.45) is 4.99 Å². The number of nitrogens with zero attached hydrogens (tertiary/aromatic N) is 2. The largest absolute Gasteiger partial charge is 0.455 e. The first-order valence-corrected chi connectivity index (χ1v) is 13.7. The van der Waals surface area contributed by atoms with Gasteiger partial charge in [-0.15, -0.1) is 0 Å². The normalized spacial score (nSPS) is 16.4. The number of hydrogen-bond donors (Lipinski definition) is 1. The molecule has 0 saturated carbocycles. The molecule has 186 valence electrons. The molecule has 40 heavy (non-hydrogen) atoms. The Morgan fingerprint density at radius 3 is 2.55 bits per heavy atom. The van der Waals surface area contributed by atoms with Crippen LogP contribution in [0.15, 0.2) is 125 Å². The molecule has 10 rings (SSSR count). The van der Waals surface area contributed by atoms with Crippen molar-refractivity contribution in [1.29, 1.82) is 0 Å². The van der Waals surface area contributed by atoms with E-state index >= 15 is 0 Å². The van der Waals surface area contributed by atoms with Crippen molar-refractivity contribution in [3.63, 3.8) is 0 Å². The van der Waals surface area contributed by atoms with Gasteiger partial charge in [0, 0.05) is 21.5 Å². The second-order valence-corrected chi connectivity index (χ2v) is 10.8. The Bertz CT molecular complexity index is 2470. The summed E-state index contributed by atoms with van der Waals surface area (Å²) >= 11 is 0. The van der Waals surface area contributed by atoms with Gasteiger partial charge in [0.2, 0.25) is 0 Å². The second-order valence-electron chi connectivity index (χ2n) is 10.8. The molecule has 0 radical (unpaired) electrons. The van der Waals surface area contributed by atoms with E-state index in [0.29, 0.717) is 0 Å². The number of anilines is 1. The molecule has 1 N–H and O–H groups in total. The fraction of sp³-hybridized carbons (Fsp3) is 0.0278. The molecular weight excluding hydrogens is 490 g/mol. The molecule has 2 aliphatic rings. The SMILES string of the molecule is C1=CC2=Nc3c(n4c5ccc6c7ccc(-c8ccc9ccccc9c8)cc7oc6c5c5cccc3c54)NC2C=C1. The minimum atomic E-state index is 0.0778. The van der Waals surface area contributed by atoms with Gasteiger partial charge in [-0.3, -0.25) is 4.40 Å². The first-order chi connectivity index (χ1) is 19.8. The molecule has 0 amide bonds. The van der Waals surface area contributed by atoms with Crippen LogP contribution in [0.5, 0.6) is 0 Å². The van der Waals surface area contributed by atoms with Crippen molar-refractivity contribution in [2.45, 2.75) is 6.04 Å². The number of aromatic nitrogens is 1. The number of hydrogen-bond acceptors (Lipinski definition) is 3. The second kappa shape index (κ2) is 7.19. The zero-order valence-corrected chi connectivity index (χ0v) is 21.3. The van der Waals surface area contributed by atoms with Crippen molar-refractivity contribution >= 4 is 77.1 Å². The molecule has 1 aliphatic heterocycles. The lowest BCUT2D eigenvalue weighted by atomic mass is 10.00. The highest BCUT2D eigenvalue weighted by molar-refractivity contribution is 6.28. The Hall–Kier alpha value is -5.35. The van der Waals surface area contributed by atoms with Crippen molar-refractivity contribution in [3.05, 3.63) is 115 Å².